The van der Waals surface area contributed by atoms with Crippen LogP contribution < -0.4 is 0 Å². The zero-order valence-electron chi connectivity index (χ0n) is 10.4. The van der Waals surface area contributed by atoms with E-state index in [4.69, 9.17) is 16.3 Å². The first-order chi connectivity index (χ1) is 8.70. The SMILES string of the molecule is CCOC(=O)CN(Cc1ccncc1Cl)C1CC1. The van der Waals surface area contributed by atoms with Crippen molar-refractivity contribution in [3.8, 4) is 0 Å². The zero-order chi connectivity index (χ0) is 13.0. The predicted octanol–water partition coefficient (Wildman–Crippen LogP) is 2.26. The van der Waals surface area contributed by atoms with Crippen LogP contribution in [0.1, 0.15) is 25.3 Å². The molecule has 1 aromatic heterocycles. The summed E-state index contributed by atoms with van der Waals surface area (Å²) in [4.78, 5) is 17.6. The minimum atomic E-state index is -0.172. The Hall–Kier alpha value is -1.13. The third-order valence-electron chi connectivity index (χ3n) is 2.93. The number of esters is 1. The molecule has 0 aromatic carbocycles. The van der Waals surface area contributed by atoms with E-state index in [0.29, 0.717) is 30.8 Å². The number of hydrogen-bond acceptors (Lipinski definition) is 4. The first kappa shape index (κ1) is 13.3. The second-order valence-corrected chi connectivity index (χ2v) is 4.82. The molecular weight excluding hydrogens is 252 g/mol. The lowest BCUT2D eigenvalue weighted by atomic mass is 10.2. The van der Waals surface area contributed by atoms with Gasteiger partial charge in [-0.1, -0.05) is 11.6 Å². The van der Waals surface area contributed by atoms with E-state index in [1.165, 1.54) is 0 Å². The largest absolute Gasteiger partial charge is 0.465 e. The molecule has 1 aliphatic rings. The lowest BCUT2D eigenvalue weighted by Gasteiger charge is -2.21. The maximum Gasteiger partial charge on any atom is 0.320 e. The third-order valence-corrected chi connectivity index (χ3v) is 3.27. The number of halogens is 1. The molecule has 0 bridgehead atoms. The molecule has 18 heavy (non-hydrogen) atoms. The van der Waals surface area contributed by atoms with Gasteiger partial charge >= 0.3 is 5.97 Å². The van der Waals surface area contributed by atoms with Crippen molar-refractivity contribution in [2.24, 2.45) is 0 Å². The molecule has 0 unspecified atom stereocenters. The van der Waals surface area contributed by atoms with Crippen LogP contribution in [0.15, 0.2) is 18.5 Å². The van der Waals surface area contributed by atoms with Crippen LogP contribution in [0.3, 0.4) is 0 Å². The van der Waals surface area contributed by atoms with Crippen LogP contribution in [0.5, 0.6) is 0 Å². The molecule has 0 atom stereocenters. The normalized spacial score (nSPS) is 14.8. The van der Waals surface area contributed by atoms with Crippen molar-refractivity contribution in [1.82, 2.24) is 9.88 Å². The Morgan fingerprint density at radius 1 is 1.61 bits per heavy atom. The fourth-order valence-corrected chi connectivity index (χ4v) is 2.06. The molecule has 0 amide bonds. The van der Waals surface area contributed by atoms with Crippen LogP contribution in [-0.2, 0) is 16.1 Å². The summed E-state index contributed by atoms with van der Waals surface area (Å²) < 4.78 is 4.99. The highest BCUT2D eigenvalue weighted by Gasteiger charge is 2.30. The lowest BCUT2D eigenvalue weighted by molar-refractivity contribution is -0.144. The van der Waals surface area contributed by atoms with Gasteiger partial charge in [0.2, 0.25) is 0 Å². The molecule has 5 heteroatoms. The van der Waals surface area contributed by atoms with Crippen molar-refractivity contribution >= 4 is 17.6 Å². The average molecular weight is 269 g/mol. The number of pyridine rings is 1. The molecule has 1 heterocycles. The van der Waals surface area contributed by atoms with Crippen LogP contribution in [-0.4, -0.2) is 35.0 Å². The van der Waals surface area contributed by atoms with Gasteiger partial charge in [0.1, 0.15) is 0 Å². The summed E-state index contributed by atoms with van der Waals surface area (Å²) in [6.07, 6.45) is 5.63. The maximum absolute atomic E-state index is 11.6. The quantitative estimate of drug-likeness (QED) is 0.743. The number of rotatable bonds is 6. The van der Waals surface area contributed by atoms with E-state index in [1.54, 1.807) is 12.4 Å². The number of ether oxygens (including phenoxy) is 1. The van der Waals surface area contributed by atoms with E-state index in [1.807, 2.05) is 13.0 Å². The van der Waals surface area contributed by atoms with Crippen LogP contribution >= 0.6 is 11.6 Å². The standard InChI is InChI=1S/C13H17ClN2O2/c1-2-18-13(17)9-16(11-3-4-11)8-10-5-6-15-7-12(10)14/h5-7,11H,2-4,8-9H2,1H3. The lowest BCUT2D eigenvalue weighted by Crippen LogP contribution is -2.32. The molecule has 0 saturated heterocycles. The predicted molar refractivity (Wildman–Crippen MR) is 69.3 cm³/mol. The van der Waals surface area contributed by atoms with Gasteiger partial charge in [-0.25, -0.2) is 0 Å². The summed E-state index contributed by atoms with van der Waals surface area (Å²) in [5, 5.41) is 0.645. The number of hydrogen-bond donors (Lipinski definition) is 0. The summed E-state index contributed by atoms with van der Waals surface area (Å²) in [5.41, 5.74) is 1.00. The molecule has 0 radical (unpaired) electrons. The van der Waals surface area contributed by atoms with Crippen molar-refractivity contribution in [1.29, 1.82) is 0 Å². The summed E-state index contributed by atoms with van der Waals surface area (Å²) in [6.45, 7) is 3.24. The Morgan fingerprint density at radius 3 is 3.00 bits per heavy atom. The van der Waals surface area contributed by atoms with Crippen molar-refractivity contribution in [3.05, 3.63) is 29.0 Å². The molecule has 1 fully saturated rings. The summed E-state index contributed by atoms with van der Waals surface area (Å²) in [5.74, 6) is -0.172. The minimum absolute atomic E-state index is 0.172. The highest BCUT2D eigenvalue weighted by atomic mass is 35.5. The number of carbonyl (C=O) groups excluding carboxylic acids is 1. The summed E-state index contributed by atoms with van der Waals surface area (Å²) >= 11 is 6.09. The van der Waals surface area contributed by atoms with Crippen LogP contribution in [0.4, 0.5) is 0 Å². The van der Waals surface area contributed by atoms with Gasteiger partial charge in [0.15, 0.2) is 0 Å². The van der Waals surface area contributed by atoms with E-state index in [9.17, 15) is 4.79 Å². The van der Waals surface area contributed by atoms with E-state index in [0.717, 1.165) is 18.4 Å². The van der Waals surface area contributed by atoms with Gasteiger partial charge in [0, 0.05) is 25.0 Å². The summed E-state index contributed by atoms with van der Waals surface area (Å²) in [6, 6.07) is 2.38. The Balaban J connectivity index is 1.98. The molecule has 4 nitrogen and oxygen atoms in total. The van der Waals surface area contributed by atoms with Crippen LogP contribution in [0.25, 0.3) is 0 Å². The smallest absolute Gasteiger partial charge is 0.320 e. The van der Waals surface area contributed by atoms with Gasteiger partial charge in [0.25, 0.3) is 0 Å². The maximum atomic E-state index is 11.6. The molecule has 98 valence electrons. The zero-order valence-corrected chi connectivity index (χ0v) is 11.2. The van der Waals surface area contributed by atoms with Gasteiger partial charge in [-0.3, -0.25) is 14.7 Å². The van der Waals surface area contributed by atoms with Crippen molar-refractivity contribution in [3.63, 3.8) is 0 Å². The molecule has 1 aliphatic carbocycles. The van der Waals surface area contributed by atoms with Crippen LogP contribution in [0.2, 0.25) is 5.02 Å². The average Bonchev–Trinajstić information content (AvgIpc) is 3.15. The van der Waals surface area contributed by atoms with Gasteiger partial charge in [-0.2, -0.15) is 0 Å². The second-order valence-electron chi connectivity index (χ2n) is 4.41. The Labute approximate surface area is 112 Å². The summed E-state index contributed by atoms with van der Waals surface area (Å²) in [7, 11) is 0. The molecular formula is C13H17ClN2O2. The van der Waals surface area contributed by atoms with Gasteiger partial charge < -0.3 is 4.74 Å². The van der Waals surface area contributed by atoms with E-state index in [-0.39, 0.29) is 5.97 Å². The first-order valence-corrected chi connectivity index (χ1v) is 6.56. The topological polar surface area (TPSA) is 42.4 Å². The first-order valence-electron chi connectivity index (χ1n) is 6.18. The molecule has 1 aromatic rings. The van der Waals surface area contributed by atoms with Crippen LogP contribution in [0, 0.1) is 0 Å². The van der Waals surface area contributed by atoms with Gasteiger partial charge in [0.05, 0.1) is 18.2 Å². The fourth-order valence-electron chi connectivity index (χ4n) is 1.88. The third kappa shape index (κ3) is 3.68. The fraction of sp³-hybridized carbons (Fsp3) is 0.538. The minimum Gasteiger partial charge on any atom is -0.465 e. The Morgan fingerprint density at radius 2 is 2.39 bits per heavy atom. The number of aromatic nitrogens is 1. The van der Waals surface area contributed by atoms with Crippen molar-refractivity contribution in [2.45, 2.75) is 32.4 Å². The Kier molecular flexibility index (Phi) is 4.55. The molecule has 2 rings (SSSR count). The Bertz CT molecular complexity index is 421. The highest BCUT2D eigenvalue weighted by Crippen LogP contribution is 2.29. The monoisotopic (exact) mass is 268 g/mol. The molecule has 1 saturated carbocycles. The second kappa shape index (κ2) is 6.16. The highest BCUT2D eigenvalue weighted by molar-refractivity contribution is 6.31. The van der Waals surface area contributed by atoms with Crippen molar-refractivity contribution in [2.75, 3.05) is 13.2 Å². The van der Waals surface area contributed by atoms with Gasteiger partial charge in [-0.15, -0.1) is 0 Å². The molecule has 0 N–H and O–H groups in total. The number of nitrogens with zero attached hydrogens (tertiary/aromatic N) is 2. The van der Waals surface area contributed by atoms with Gasteiger partial charge in [-0.05, 0) is 31.4 Å². The molecule has 0 spiro atoms. The van der Waals surface area contributed by atoms with E-state index in [2.05, 4.69) is 9.88 Å². The number of carbonyl (C=O) groups is 1. The van der Waals surface area contributed by atoms with Crippen molar-refractivity contribution < 1.29 is 9.53 Å². The molecule has 0 aliphatic heterocycles. The van der Waals surface area contributed by atoms with E-state index < -0.39 is 0 Å². The van der Waals surface area contributed by atoms with E-state index >= 15 is 0 Å².